The molecule has 0 bridgehead atoms. The Bertz CT molecular complexity index is 3550. The molecule has 0 saturated carbocycles. The van der Waals surface area contributed by atoms with Gasteiger partial charge in [-0.15, -0.1) is 11.3 Å². The molecule has 266 valence electrons. The van der Waals surface area contributed by atoms with Gasteiger partial charge < -0.3 is 9.32 Å². The molecule has 10 aromatic carbocycles. The van der Waals surface area contributed by atoms with E-state index in [1.807, 2.05) is 17.4 Å². The molecule has 0 amide bonds. The summed E-state index contributed by atoms with van der Waals surface area (Å²) in [6, 6.07) is 73.0. The third-order valence-electron chi connectivity index (χ3n) is 11.6. The summed E-state index contributed by atoms with van der Waals surface area (Å²) >= 11 is 1.86. The topological polar surface area (TPSA) is 16.4 Å². The lowest BCUT2D eigenvalue weighted by molar-refractivity contribution is 0.669. The van der Waals surface area contributed by atoms with Crippen molar-refractivity contribution in [2.45, 2.75) is 0 Å². The van der Waals surface area contributed by atoms with Gasteiger partial charge in [0, 0.05) is 53.3 Å². The SMILES string of the molecule is c1cc(-c2ccc3c(c2)sc2ccccc23)cc(N(c2ccc3oc4ccccc4c3c2)c2c(-c3cccc4ccccc34)c3ccccc3c3ccccc23)c1. The van der Waals surface area contributed by atoms with Gasteiger partial charge in [0.15, 0.2) is 0 Å². The lowest BCUT2D eigenvalue weighted by Gasteiger charge is -2.31. The van der Waals surface area contributed by atoms with Gasteiger partial charge in [-0.05, 0) is 92.2 Å². The highest BCUT2D eigenvalue weighted by molar-refractivity contribution is 7.25. The molecule has 57 heavy (non-hydrogen) atoms. The second-order valence-electron chi connectivity index (χ2n) is 14.8. The number of thiophene rings is 1. The largest absolute Gasteiger partial charge is 0.456 e. The monoisotopic (exact) mass is 743 g/mol. The van der Waals surface area contributed by atoms with Gasteiger partial charge >= 0.3 is 0 Å². The number of rotatable bonds is 5. The van der Waals surface area contributed by atoms with Crippen LogP contribution in [0, 0.1) is 0 Å². The first-order valence-corrected chi connectivity index (χ1v) is 20.2. The van der Waals surface area contributed by atoms with Gasteiger partial charge in [-0.2, -0.15) is 0 Å². The second-order valence-corrected chi connectivity index (χ2v) is 15.9. The van der Waals surface area contributed by atoms with Crippen LogP contribution in [0.5, 0.6) is 0 Å². The molecule has 0 aliphatic rings. The number of nitrogens with zero attached hydrogens (tertiary/aromatic N) is 1. The maximum atomic E-state index is 6.38. The van der Waals surface area contributed by atoms with Crippen molar-refractivity contribution in [1.82, 2.24) is 0 Å². The van der Waals surface area contributed by atoms with E-state index < -0.39 is 0 Å². The fourth-order valence-electron chi connectivity index (χ4n) is 9.06. The summed E-state index contributed by atoms with van der Waals surface area (Å²) in [5.74, 6) is 0. The van der Waals surface area contributed by atoms with Crippen LogP contribution >= 0.6 is 11.3 Å². The molecule has 0 unspecified atom stereocenters. The van der Waals surface area contributed by atoms with E-state index in [9.17, 15) is 0 Å². The number of fused-ring (bicyclic) bond motifs is 10. The van der Waals surface area contributed by atoms with Crippen LogP contribution in [-0.2, 0) is 0 Å². The number of hydrogen-bond donors (Lipinski definition) is 0. The number of hydrogen-bond acceptors (Lipinski definition) is 3. The first-order chi connectivity index (χ1) is 28.3. The average Bonchev–Trinajstić information content (AvgIpc) is 3.84. The molecule has 0 fully saturated rings. The summed E-state index contributed by atoms with van der Waals surface area (Å²) in [4.78, 5) is 2.49. The van der Waals surface area contributed by atoms with E-state index in [2.05, 4.69) is 199 Å². The van der Waals surface area contributed by atoms with Gasteiger partial charge in [-0.1, -0.05) is 152 Å². The minimum atomic E-state index is 0.878. The minimum Gasteiger partial charge on any atom is -0.456 e. The quantitative estimate of drug-likeness (QED) is 0.163. The summed E-state index contributed by atoms with van der Waals surface area (Å²) < 4.78 is 9.00. The second kappa shape index (κ2) is 12.7. The fraction of sp³-hybridized carbons (Fsp3) is 0. The Morgan fingerprint density at radius 2 is 0.965 bits per heavy atom. The molecule has 0 aliphatic heterocycles. The summed E-state index contributed by atoms with van der Waals surface area (Å²) in [5.41, 5.74) is 9.83. The maximum Gasteiger partial charge on any atom is 0.135 e. The molecule has 0 N–H and O–H groups in total. The van der Waals surface area contributed by atoms with Crippen molar-refractivity contribution >= 4 is 103 Å². The molecule has 12 aromatic rings. The van der Waals surface area contributed by atoms with Gasteiger partial charge in [-0.25, -0.2) is 0 Å². The molecule has 0 aliphatic carbocycles. The van der Waals surface area contributed by atoms with Crippen molar-refractivity contribution < 1.29 is 4.42 Å². The van der Waals surface area contributed by atoms with Crippen LogP contribution in [0.3, 0.4) is 0 Å². The normalized spacial score (nSPS) is 11.9. The highest BCUT2D eigenvalue weighted by atomic mass is 32.1. The summed E-state index contributed by atoms with van der Waals surface area (Å²) in [7, 11) is 0. The summed E-state index contributed by atoms with van der Waals surface area (Å²) in [5, 5.41) is 12.1. The Hall–Kier alpha value is -7.20. The van der Waals surface area contributed by atoms with Crippen LogP contribution in [0.4, 0.5) is 17.1 Å². The lowest BCUT2D eigenvalue weighted by atomic mass is 9.88. The standard InChI is InChI=1S/C54H33NOS/c1-2-17-39-34(13-1)14-12-24-45(39)53-46-22-5-3-18-40(46)41-19-4-6-23-47(41)54(53)55(38-28-30-50-48(33-38)42-20-7-9-25-49(42)56-50)37-16-11-15-35(31-37)36-27-29-44-43-21-8-10-26-51(43)57-52(44)32-36/h1-33H. The molecular weight excluding hydrogens is 711 g/mol. The highest BCUT2D eigenvalue weighted by Gasteiger charge is 2.25. The summed E-state index contributed by atoms with van der Waals surface area (Å²) in [6.07, 6.45) is 0. The molecule has 0 saturated heterocycles. The Balaban J connectivity index is 1.19. The van der Waals surface area contributed by atoms with Crippen molar-refractivity contribution in [1.29, 1.82) is 0 Å². The van der Waals surface area contributed by atoms with Crippen molar-refractivity contribution in [3.63, 3.8) is 0 Å². The third kappa shape index (κ3) is 5.03. The predicted octanol–water partition coefficient (Wildman–Crippen LogP) is 16.2. The van der Waals surface area contributed by atoms with Crippen molar-refractivity contribution in [2.75, 3.05) is 4.90 Å². The van der Waals surface area contributed by atoms with Gasteiger partial charge in [0.1, 0.15) is 11.2 Å². The lowest BCUT2D eigenvalue weighted by Crippen LogP contribution is -2.12. The highest BCUT2D eigenvalue weighted by Crippen LogP contribution is 2.51. The zero-order valence-corrected chi connectivity index (χ0v) is 31.6. The van der Waals surface area contributed by atoms with Crippen LogP contribution in [0.15, 0.2) is 205 Å². The van der Waals surface area contributed by atoms with Gasteiger partial charge in [0.25, 0.3) is 0 Å². The zero-order valence-electron chi connectivity index (χ0n) is 30.8. The number of para-hydroxylation sites is 1. The van der Waals surface area contributed by atoms with E-state index in [1.165, 1.54) is 74.7 Å². The summed E-state index contributed by atoms with van der Waals surface area (Å²) in [6.45, 7) is 0. The molecule has 2 nitrogen and oxygen atoms in total. The molecule has 0 radical (unpaired) electrons. The van der Waals surface area contributed by atoms with Crippen molar-refractivity contribution in [2.24, 2.45) is 0 Å². The van der Waals surface area contributed by atoms with E-state index in [4.69, 9.17) is 4.42 Å². The Kier molecular flexibility index (Phi) is 7.13. The predicted molar refractivity (Wildman–Crippen MR) is 245 cm³/mol. The number of anilines is 3. The molecule has 2 heterocycles. The van der Waals surface area contributed by atoms with Crippen LogP contribution in [0.25, 0.3) is 96.7 Å². The van der Waals surface area contributed by atoms with Crippen LogP contribution in [0.2, 0.25) is 0 Å². The molecular formula is C54H33NOS. The van der Waals surface area contributed by atoms with Gasteiger partial charge in [-0.3, -0.25) is 0 Å². The molecule has 0 spiro atoms. The van der Waals surface area contributed by atoms with E-state index in [-0.39, 0.29) is 0 Å². The molecule has 0 atom stereocenters. The van der Waals surface area contributed by atoms with Gasteiger partial charge in [0.2, 0.25) is 0 Å². The van der Waals surface area contributed by atoms with Crippen LogP contribution < -0.4 is 4.90 Å². The Morgan fingerprint density at radius 1 is 0.351 bits per heavy atom. The van der Waals surface area contributed by atoms with E-state index >= 15 is 0 Å². The Morgan fingerprint density at radius 3 is 1.84 bits per heavy atom. The minimum absolute atomic E-state index is 0.878. The molecule has 3 heteroatoms. The Labute approximate surface area is 333 Å². The van der Waals surface area contributed by atoms with E-state index in [1.54, 1.807) is 0 Å². The number of furan rings is 1. The van der Waals surface area contributed by atoms with Gasteiger partial charge in [0.05, 0.1) is 5.69 Å². The smallest absolute Gasteiger partial charge is 0.135 e. The fourth-order valence-corrected chi connectivity index (χ4v) is 10.2. The molecule has 12 rings (SSSR count). The average molecular weight is 744 g/mol. The van der Waals surface area contributed by atoms with Crippen LogP contribution in [0.1, 0.15) is 0 Å². The first kappa shape index (κ1) is 32.1. The first-order valence-electron chi connectivity index (χ1n) is 19.4. The zero-order chi connectivity index (χ0) is 37.5. The van der Waals surface area contributed by atoms with Crippen LogP contribution in [-0.4, -0.2) is 0 Å². The number of benzene rings is 10. The van der Waals surface area contributed by atoms with Crippen molar-refractivity contribution in [3.05, 3.63) is 200 Å². The third-order valence-corrected chi connectivity index (χ3v) is 12.8. The van der Waals surface area contributed by atoms with Crippen molar-refractivity contribution in [3.8, 4) is 22.3 Å². The van der Waals surface area contributed by atoms with E-state index in [0.717, 1.165) is 39.0 Å². The molecule has 2 aromatic heterocycles. The van der Waals surface area contributed by atoms with E-state index in [0.29, 0.717) is 0 Å². The maximum absolute atomic E-state index is 6.38.